The van der Waals surface area contributed by atoms with Crippen LogP contribution in [-0.2, 0) is 16.6 Å². The van der Waals surface area contributed by atoms with E-state index in [1.165, 1.54) is 33.8 Å². The number of aliphatic hydroxyl groups excluding tert-OH is 1. The number of carbonyl (C=O) groups is 1. The lowest BCUT2D eigenvalue weighted by Gasteiger charge is -2.37. The molecular formula is C22H32N6O4S. The predicted octanol–water partition coefficient (Wildman–Crippen LogP) is 1.31. The van der Waals surface area contributed by atoms with Gasteiger partial charge in [-0.15, -0.1) is 5.10 Å². The Morgan fingerprint density at radius 3 is 2.48 bits per heavy atom. The highest BCUT2D eigenvalue weighted by atomic mass is 32.2. The molecule has 0 radical (unpaired) electrons. The number of aryl methyl sites for hydroxylation is 1. The Bertz CT molecular complexity index is 1090. The second kappa shape index (κ2) is 9.70. The molecule has 1 aromatic heterocycles. The van der Waals surface area contributed by atoms with Crippen LogP contribution in [0.25, 0.3) is 0 Å². The van der Waals surface area contributed by atoms with Crippen molar-refractivity contribution >= 4 is 27.6 Å². The van der Waals surface area contributed by atoms with Crippen LogP contribution in [0.1, 0.15) is 24.0 Å². The fraction of sp³-hybridized carbons (Fsp3) is 0.545. The van der Waals surface area contributed by atoms with Crippen LogP contribution in [0.5, 0.6) is 0 Å². The standard InChI is InChI=1S/C22H32N6O4S/c1-17-3-4-18(20(15-17)26-8-5-19(29)6-9-26)16-25-11-13-27(14-12-25)22(30)28-10-7-21(23-28)24-33(2,31)32/h3-4,7,10,15,19,29H,5-6,8-9,11-14,16H2,1-2H3,(H,23,24). The number of anilines is 2. The van der Waals surface area contributed by atoms with Crippen molar-refractivity contribution in [3.63, 3.8) is 0 Å². The first-order valence-corrected chi connectivity index (χ1v) is 13.1. The normalized spacial score (nSPS) is 18.5. The summed E-state index contributed by atoms with van der Waals surface area (Å²) < 4.78 is 26.1. The second-order valence-electron chi connectivity index (χ2n) is 8.92. The van der Waals surface area contributed by atoms with Crippen LogP contribution in [0.3, 0.4) is 0 Å². The Balaban J connectivity index is 1.36. The van der Waals surface area contributed by atoms with Crippen LogP contribution in [-0.4, -0.2) is 90.8 Å². The highest BCUT2D eigenvalue weighted by Crippen LogP contribution is 2.27. The Morgan fingerprint density at radius 1 is 1.12 bits per heavy atom. The van der Waals surface area contributed by atoms with Crippen LogP contribution in [0.4, 0.5) is 16.3 Å². The highest BCUT2D eigenvalue weighted by molar-refractivity contribution is 7.92. The summed E-state index contributed by atoms with van der Waals surface area (Å²) >= 11 is 0. The third-order valence-corrected chi connectivity index (χ3v) is 6.74. The van der Waals surface area contributed by atoms with Crippen LogP contribution < -0.4 is 9.62 Å². The Hall–Kier alpha value is -2.63. The van der Waals surface area contributed by atoms with E-state index < -0.39 is 10.0 Å². The van der Waals surface area contributed by atoms with Gasteiger partial charge in [-0.3, -0.25) is 9.62 Å². The largest absolute Gasteiger partial charge is 0.393 e. The lowest BCUT2D eigenvalue weighted by atomic mass is 10.0. The number of benzene rings is 1. The van der Waals surface area contributed by atoms with Gasteiger partial charge in [0, 0.05) is 63.8 Å². The van der Waals surface area contributed by atoms with Gasteiger partial charge in [0.05, 0.1) is 12.4 Å². The molecule has 0 aliphatic carbocycles. The van der Waals surface area contributed by atoms with Crippen LogP contribution in [0, 0.1) is 6.92 Å². The minimum Gasteiger partial charge on any atom is -0.393 e. The summed E-state index contributed by atoms with van der Waals surface area (Å²) in [7, 11) is -3.44. The number of amides is 1. The maximum Gasteiger partial charge on any atom is 0.344 e. The zero-order valence-corrected chi connectivity index (χ0v) is 20.0. The smallest absolute Gasteiger partial charge is 0.344 e. The molecule has 11 heteroatoms. The molecule has 1 amide bonds. The van der Waals surface area contributed by atoms with Gasteiger partial charge in [-0.1, -0.05) is 12.1 Å². The number of piperidine rings is 1. The number of rotatable bonds is 5. The fourth-order valence-electron chi connectivity index (χ4n) is 4.37. The topological polar surface area (TPSA) is 111 Å². The van der Waals surface area contributed by atoms with Gasteiger partial charge in [-0.05, 0) is 37.0 Å². The van der Waals surface area contributed by atoms with Gasteiger partial charge in [0.1, 0.15) is 0 Å². The van der Waals surface area contributed by atoms with E-state index in [2.05, 4.69) is 44.7 Å². The van der Waals surface area contributed by atoms with Crippen molar-refractivity contribution in [1.29, 1.82) is 0 Å². The molecule has 2 aliphatic heterocycles. The number of sulfonamides is 1. The maximum absolute atomic E-state index is 12.8. The first-order chi connectivity index (χ1) is 15.7. The van der Waals surface area contributed by atoms with Crippen molar-refractivity contribution in [1.82, 2.24) is 19.6 Å². The lowest BCUT2D eigenvalue weighted by Crippen LogP contribution is -2.49. The van der Waals surface area contributed by atoms with Gasteiger partial charge >= 0.3 is 6.03 Å². The quantitative estimate of drug-likeness (QED) is 0.669. The number of piperazine rings is 1. The van der Waals surface area contributed by atoms with Crippen LogP contribution >= 0.6 is 0 Å². The van der Waals surface area contributed by atoms with Gasteiger partial charge in [0.2, 0.25) is 10.0 Å². The molecule has 180 valence electrons. The third kappa shape index (κ3) is 6.04. The SMILES string of the molecule is Cc1ccc(CN2CCN(C(=O)n3ccc(NS(C)(=O)=O)n3)CC2)c(N2CCC(O)CC2)c1. The summed E-state index contributed by atoms with van der Waals surface area (Å²) in [5, 5.41) is 13.9. The Kier molecular flexibility index (Phi) is 6.91. The molecular weight excluding hydrogens is 444 g/mol. The van der Waals surface area contributed by atoms with Crippen LogP contribution in [0.2, 0.25) is 0 Å². The number of nitrogens with one attached hydrogen (secondary N) is 1. The van der Waals surface area contributed by atoms with Crippen molar-refractivity contribution in [3.05, 3.63) is 41.6 Å². The van der Waals surface area contributed by atoms with Gasteiger partial charge in [-0.25, -0.2) is 13.2 Å². The minimum absolute atomic E-state index is 0.126. The number of aromatic nitrogens is 2. The number of aliphatic hydroxyl groups is 1. The first-order valence-electron chi connectivity index (χ1n) is 11.3. The first kappa shape index (κ1) is 23.5. The average molecular weight is 477 g/mol. The monoisotopic (exact) mass is 476 g/mol. The number of hydrogen-bond acceptors (Lipinski definition) is 7. The Morgan fingerprint density at radius 2 is 1.82 bits per heavy atom. The summed E-state index contributed by atoms with van der Waals surface area (Å²) in [6, 6.07) is 7.75. The van der Waals surface area contributed by atoms with E-state index in [0.29, 0.717) is 13.1 Å². The highest BCUT2D eigenvalue weighted by Gasteiger charge is 2.25. The fourth-order valence-corrected chi connectivity index (χ4v) is 4.86. The van der Waals surface area contributed by atoms with Crippen molar-refractivity contribution in [2.45, 2.75) is 32.4 Å². The molecule has 33 heavy (non-hydrogen) atoms. The van der Waals surface area contributed by atoms with E-state index in [1.54, 1.807) is 4.90 Å². The predicted molar refractivity (Wildman–Crippen MR) is 127 cm³/mol. The molecule has 0 unspecified atom stereocenters. The summed E-state index contributed by atoms with van der Waals surface area (Å²) in [5.41, 5.74) is 3.72. The number of nitrogens with zero attached hydrogens (tertiary/aromatic N) is 5. The van der Waals surface area contributed by atoms with Gasteiger partial charge in [-0.2, -0.15) is 4.68 Å². The summed E-state index contributed by atoms with van der Waals surface area (Å²) in [6.45, 7) is 7.26. The minimum atomic E-state index is -3.44. The molecule has 2 aromatic rings. The van der Waals surface area contributed by atoms with Gasteiger partial charge in [0.15, 0.2) is 5.82 Å². The van der Waals surface area contributed by atoms with Crippen molar-refractivity contribution < 1.29 is 18.3 Å². The summed E-state index contributed by atoms with van der Waals surface area (Å²) in [6.07, 6.45) is 3.90. The number of hydrogen-bond donors (Lipinski definition) is 2. The van der Waals surface area contributed by atoms with E-state index in [-0.39, 0.29) is 18.0 Å². The second-order valence-corrected chi connectivity index (χ2v) is 10.7. The summed E-state index contributed by atoms with van der Waals surface area (Å²) in [4.78, 5) is 19.2. The summed E-state index contributed by atoms with van der Waals surface area (Å²) in [5.74, 6) is 0.126. The van der Waals surface area contributed by atoms with E-state index in [9.17, 15) is 18.3 Å². The van der Waals surface area contributed by atoms with Crippen molar-refractivity contribution in [2.75, 3.05) is 55.1 Å². The molecule has 3 heterocycles. The van der Waals surface area contributed by atoms with Crippen LogP contribution in [0.15, 0.2) is 30.5 Å². The molecule has 0 saturated carbocycles. The third-order valence-electron chi connectivity index (χ3n) is 6.16. The van der Waals surface area contributed by atoms with E-state index in [4.69, 9.17) is 0 Å². The number of carbonyl (C=O) groups excluding carboxylic acids is 1. The zero-order chi connectivity index (χ0) is 23.6. The molecule has 2 saturated heterocycles. The van der Waals surface area contributed by atoms with Crippen molar-refractivity contribution in [3.8, 4) is 0 Å². The maximum atomic E-state index is 12.8. The lowest BCUT2D eigenvalue weighted by molar-refractivity contribution is 0.134. The molecule has 2 N–H and O–H groups in total. The molecule has 4 rings (SSSR count). The van der Waals surface area contributed by atoms with E-state index in [1.807, 2.05) is 0 Å². The van der Waals surface area contributed by atoms with E-state index >= 15 is 0 Å². The molecule has 0 atom stereocenters. The average Bonchev–Trinajstić information content (AvgIpc) is 3.22. The molecule has 0 bridgehead atoms. The molecule has 1 aromatic carbocycles. The van der Waals surface area contributed by atoms with Crippen molar-refractivity contribution in [2.24, 2.45) is 0 Å². The molecule has 0 spiro atoms. The Labute approximate surface area is 194 Å². The van der Waals surface area contributed by atoms with Gasteiger partial charge in [0.25, 0.3) is 0 Å². The molecule has 10 nitrogen and oxygen atoms in total. The molecule has 2 aliphatic rings. The zero-order valence-electron chi connectivity index (χ0n) is 19.1. The molecule has 2 fully saturated rings. The van der Waals surface area contributed by atoms with E-state index in [0.717, 1.165) is 51.8 Å². The van der Waals surface area contributed by atoms with Gasteiger partial charge < -0.3 is 14.9 Å².